The summed E-state index contributed by atoms with van der Waals surface area (Å²) in [7, 11) is 1.63. The van der Waals surface area contributed by atoms with Gasteiger partial charge in [0.1, 0.15) is 0 Å². The van der Waals surface area contributed by atoms with Crippen molar-refractivity contribution in [2.75, 3.05) is 13.6 Å². The van der Waals surface area contributed by atoms with E-state index in [2.05, 4.69) is 16.9 Å². The Balaban J connectivity index is 2.83. The van der Waals surface area contributed by atoms with Crippen LogP contribution >= 0.6 is 0 Å². The third-order valence-electron chi connectivity index (χ3n) is 2.03. The lowest BCUT2D eigenvalue weighted by molar-refractivity contribution is -0.122. The lowest BCUT2D eigenvalue weighted by Crippen LogP contribution is -2.27. The molecule has 1 N–H and O–H groups in total. The Hall–Kier alpha value is -1.38. The summed E-state index contributed by atoms with van der Waals surface area (Å²) >= 11 is 0. The second-order valence-corrected chi connectivity index (χ2v) is 3.07. The van der Waals surface area contributed by atoms with E-state index in [1.54, 1.807) is 7.05 Å². The van der Waals surface area contributed by atoms with Crippen LogP contribution in [0.5, 0.6) is 0 Å². The average Bonchev–Trinajstić information content (AvgIpc) is 2.28. The Bertz CT molecular complexity index is 289. The van der Waals surface area contributed by atoms with Gasteiger partial charge < -0.3 is 5.32 Å². The van der Waals surface area contributed by atoms with Gasteiger partial charge in [0.05, 0.1) is 12.5 Å². The Labute approximate surface area is 78.2 Å². The van der Waals surface area contributed by atoms with E-state index >= 15 is 0 Å². The van der Waals surface area contributed by atoms with Crippen molar-refractivity contribution in [3.8, 4) is 0 Å². The molecule has 0 fully saturated rings. The lowest BCUT2D eigenvalue weighted by atomic mass is 9.99. The van der Waals surface area contributed by atoms with Crippen LogP contribution in [-0.2, 0) is 4.79 Å². The Morgan fingerprint density at radius 2 is 2.46 bits per heavy atom. The van der Waals surface area contributed by atoms with Crippen LogP contribution in [0.25, 0.3) is 0 Å². The molecule has 0 aromatic rings. The molecule has 3 nitrogen and oxygen atoms in total. The molecule has 70 valence electrons. The zero-order chi connectivity index (χ0) is 9.84. The first-order chi connectivity index (χ1) is 6.15. The second kappa shape index (κ2) is 4.03. The molecule has 1 aliphatic heterocycles. The zero-order valence-corrected chi connectivity index (χ0v) is 8.00. The van der Waals surface area contributed by atoms with Crippen LogP contribution < -0.4 is 5.32 Å². The fourth-order valence-electron chi connectivity index (χ4n) is 1.18. The van der Waals surface area contributed by atoms with Crippen LogP contribution in [-0.4, -0.2) is 25.2 Å². The van der Waals surface area contributed by atoms with Crippen LogP contribution in [0, 0.1) is 5.92 Å². The number of allylic oxidation sites excluding steroid dienone is 1. The molecule has 1 rings (SSSR count). The Morgan fingerprint density at radius 3 is 3.08 bits per heavy atom. The summed E-state index contributed by atoms with van der Waals surface area (Å²) in [5.41, 5.74) is 1.78. The van der Waals surface area contributed by atoms with Crippen molar-refractivity contribution in [1.82, 2.24) is 5.32 Å². The smallest absolute Gasteiger partial charge is 0.230 e. The summed E-state index contributed by atoms with van der Waals surface area (Å²) in [6, 6.07) is 0. The van der Waals surface area contributed by atoms with Crippen LogP contribution in [0.4, 0.5) is 0 Å². The van der Waals surface area contributed by atoms with E-state index in [0.29, 0.717) is 6.54 Å². The van der Waals surface area contributed by atoms with Gasteiger partial charge in [0.2, 0.25) is 5.91 Å². The Kier molecular flexibility index (Phi) is 3.01. The fraction of sp³-hybridized carbons (Fsp3) is 0.400. The van der Waals surface area contributed by atoms with Gasteiger partial charge in [-0.15, -0.1) is 0 Å². The van der Waals surface area contributed by atoms with Crippen LogP contribution in [0.15, 0.2) is 29.3 Å². The number of carbonyl (C=O) groups excluding carboxylic acids is 1. The van der Waals surface area contributed by atoms with Gasteiger partial charge >= 0.3 is 0 Å². The van der Waals surface area contributed by atoms with Gasteiger partial charge in [0, 0.05) is 12.8 Å². The van der Waals surface area contributed by atoms with Crippen molar-refractivity contribution in [2.24, 2.45) is 10.9 Å². The topological polar surface area (TPSA) is 41.5 Å². The molecule has 0 bridgehead atoms. The average molecular weight is 178 g/mol. The number of aliphatic imine (C=N–C) groups is 1. The third kappa shape index (κ3) is 2.28. The van der Waals surface area contributed by atoms with Crippen LogP contribution in [0.2, 0.25) is 0 Å². The maximum Gasteiger partial charge on any atom is 0.230 e. The first-order valence-electron chi connectivity index (χ1n) is 4.23. The van der Waals surface area contributed by atoms with Crippen molar-refractivity contribution in [2.45, 2.75) is 6.92 Å². The molecule has 1 unspecified atom stereocenters. The minimum atomic E-state index is -0.230. The SMILES string of the molecule is C=C1CN=C(C)C=CC1C(=O)NC. The van der Waals surface area contributed by atoms with Crippen molar-refractivity contribution in [3.63, 3.8) is 0 Å². The molecule has 1 amide bonds. The zero-order valence-electron chi connectivity index (χ0n) is 8.00. The molecular formula is C10H14N2O. The summed E-state index contributed by atoms with van der Waals surface area (Å²) < 4.78 is 0. The molecular weight excluding hydrogens is 164 g/mol. The lowest BCUT2D eigenvalue weighted by Gasteiger charge is -2.10. The second-order valence-electron chi connectivity index (χ2n) is 3.07. The molecule has 1 heterocycles. The first-order valence-corrected chi connectivity index (χ1v) is 4.23. The number of hydrogen-bond acceptors (Lipinski definition) is 2. The molecule has 3 heteroatoms. The first kappa shape index (κ1) is 9.71. The molecule has 0 radical (unpaired) electrons. The van der Waals surface area contributed by atoms with Gasteiger partial charge in [-0.3, -0.25) is 9.79 Å². The molecule has 0 aromatic carbocycles. The molecule has 1 atom stereocenters. The van der Waals surface area contributed by atoms with Crippen molar-refractivity contribution in [3.05, 3.63) is 24.3 Å². The highest BCUT2D eigenvalue weighted by Gasteiger charge is 2.18. The number of rotatable bonds is 1. The van der Waals surface area contributed by atoms with Gasteiger partial charge in [0.25, 0.3) is 0 Å². The molecule has 13 heavy (non-hydrogen) atoms. The highest BCUT2D eigenvalue weighted by molar-refractivity contribution is 5.95. The summed E-state index contributed by atoms with van der Waals surface area (Å²) in [4.78, 5) is 15.6. The van der Waals surface area contributed by atoms with Crippen molar-refractivity contribution >= 4 is 11.6 Å². The number of carbonyl (C=O) groups is 1. The van der Waals surface area contributed by atoms with Crippen molar-refractivity contribution in [1.29, 1.82) is 0 Å². The fourth-order valence-corrected chi connectivity index (χ4v) is 1.18. The largest absolute Gasteiger partial charge is 0.358 e. The van der Waals surface area contributed by atoms with Gasteiger partial charge in [0.15, 0.2) is 0 Å². The maximum absolute atomic E-state index is 11.4. The summed E-state index contributed by atoms with van der Waals surface area (Å²) in [5, 5.41) is 2.61. The predicted molar refractivity (Wildman–Crippen MR) is 53.8 cm³/mol. The number of hydrogen-bond donors (Lipinski definition) is 1. The number of nitrogens with one attached hydrogen (secondary N) is 1. The van der Waals surface area contributed by atoms with Gasteiger partial charge in [-0.05, 0) is 18.6 Å². The van der Waals surface area contributed by atoms with Gasteiger partial charge in [-0.2, -0.15) is 0 Å². The van der Waals surface area contributed by atoms with E-state index in [1.807, 2.05) is 19.1 Å². The summed E-state index contributed by atoms with van der Waals surface area (Å²) in [5.74, 6) is -0.252. The monoisotopic (exact) mass is 178 g/mol. The van der Waals surface area contributed by atoms with Crippen LogP contribution in [0.3, 0.4) is 0 Å². The predicted octanol–water partition coefficient (Wildman–Crippen LogP) is 0.935. The molecule has 0 saturated heterocycles. The quantitative estimate of drug-likeness (QED) is 0.596. The minimum Gasteiger partial charge on any atom is -0.358 e. The van der Waals surface area contributed by atoms with E-state index in [9.17, 15) is 4.79 Å². The number of amides is 1. The van der Waals surface area contributed by atoms with Gasteiger partial charge in [-0.25, -0.2) is 0 Å². The molecule has 1 aliphatic rings. The van der Waals surface area contributed by atoms with E-state index in [-0.39, 0.29) is 11.8 Å². The molecule has 0 spiro atoms. The summed E-state index contributed by atoms with van der Waals surface area (Å²) in [6.07, 6.45) is 3.70. The Morgan fingerprint density at radius 1 is 1.77 bits per heavy atom. The molecule has 0 aliphatic carbocycles. The van der Waals surface area contributed by atoms with Crippen LogP contribution in [0.1, 0.15) is 6.92 Å². The van der Waals surface area contributed by atoms with E-state index in [0.717, 1.165) is 11.3 Å². The van der Waals surface area contributed by atoms with Crippen molar-refractivity contribution < 1.29 is 4.79 Å². The molecule has 0 aromatic heterocycles. The molecule has 0 saturated carbocycles. The summed E-state index contributed by atoms with van der Waals surface area (Å²) in [6.45, 7) is 6.29. The standard InChI is InChI=1S/C10H14N2O/c1-7-6-12-8(2)4-5-9(7)10(13)11-3/h4-5,9H,1,6H2,2-3H3,(H,11,13). The highest BCUT2D eigenvalue weighted by atomic mass is 16.1. The maximum atomic E-state index is 11.4. The van der Waals surface area contributed by atoms with E-state index in [4.69, 9.17) is 0 Å². The minimum absolute atomic E-state index is 0.0221. The highest BCUT2D eigenvalue weighted by Crippen LogP contribution is 2.14. The normalized spacial score (nSPS) is 22.2. The van der Waals surface area contributed by atoms with E-state index in [1.165, 1.54) is 0 Å². The third-order valence-corrected chi connectivity index (χ3v) is 2.03. The van der Waals surface area contributed by atoms with Gasteiger partial charge in [-0.1, -0.05) is 12.7 Å². The number of nitrogens with zero attached hydrogens (tertiary/aromatic N) is 1. The van der Waals surface area contributed by atoms with E-state index < -0.39 is 0 Å².